The quantitative estimate of drug-likeness (QED) is 0.382. The molecule has 0 aliphatic carbocycles. The van der Waals surface area contributed by atoms with Crippen molar-refractivity contribution in [3.8, 4) is 0 Å². The molecule has 20 heavy (non-hydrogen) atoms. The van der Waals surface area contributed by atoms with Gasteiger partial charge in [0.1, 0.15) is 0 Å². The third-order valence-corrected chi connectivity index (χ3v) is 4.63. The van der Waals surface area contributed by atoms with Gasteiger partial charge < -0.3 is 5.32 Å². The molecule has 6 heteroatoms. The normalized spacial score (nSPS) is 10.7. The van der Waals surface area contributed by atoms with Crippen molar-refractivity contribution in [2.75, 3.05) is 18.6 Å². The molecule has 1 rings (SSSR count). The van der Waals surface area contributed by atoms with E-state index in [0.29, 0.717) is 11.0 Å². The van der Waals surface area contributed by atoms with E-state index in [-0.39, 0.29) is 10.6 Å². The zero-order valence-electron chi connectivity index (χ0n) is 11.7. The fraction of sp³-hybridized carbons (Fsp3) is 0.571. The first-order chi connectivity index (χ1) is 9.66. The summed E-state index contributed by atoms with van der Waals surface area (Å²) in [6.45, 7) is 1.61. The molecular weight excluding hydrogens is 340 g/mol. The van der Waals surface area contributed by atoms with Crippen molar-refractivity contribution in [2.24, 2.45) is 0 Å². The first-order valence-electron chi connectivity index (χ1n) is 6.78. The Morgan fingerprint density at radius 1 is 1.30 bits per heavy atom. The summed E-state index contributed by atoms with van der Waals surface area (Å²) < 4.78 is 0.581. The van der Waals surface area contributed by atoms with E-state index < -0.39 is 0 Å². The summed E-state index contributed by atoms with van der Waals surface area (Å²) in [6, 6.07) is 5.14. The SMILES string of the molecule is CSCCCCCCNCc1cccc([N+](=O)[O-])c1Br. The number of hydrogen-bond donors (Lipinski definition) is 1. The molecule has 0 aromatic heterocycles. The van der Waals surface area contributed by atoms with Gasteiger partial charge >= 0.3 is 0 Å². The summed E-state index contributed by atoms with van der Waals surface area (Å²) in [7, 11) is 0. The van der Waals surface area contributed by atoms with Gasteiger partial charge in [-0.05, 0) is 52.9 Å². The van der Waals surface area contributed by atoms with Gasteiger partial charge in [0.2, 0.25) is 0 Å². The first kappa shape index (κ1) is 17.5. The molecule has 0 amide bonds. The molecule has 0 radical (unpaired) electrons. The van der Waals surface area contributed by atoms with Gasteiger partial charge in [-0.15, -0.1) is 0 Å². The largest absolute Gasteiger partial charge is 0.313 e. The van der Waals surface area contributed by atoms with Crippen LogP contribution in [0, 0.1) is 10.1 Å². The van der Waals surface area contributed by atoms with Crippen molar-refractivity contribution in [1.29, 1.82) is 0 Å². The zero-order chi connectivity index (χ0) is 14.8. The summed E-state index contributed by atoms with van der Waals surface area (Å²) in [6.07, 6.45) is 7.10. The Hall–Kier alpha value is -0.590. The van der Waals surface area contributed by atoms with E-state index in [9.17, 15) is 10.1 Å². The number of nitro groups is 1. The lowest BCUT2D eigenvalue weighted by atomic mass is 10.2. The molecule has 0 aliphatic rings. The van der Waals surface area contributed by atoms with Crippen molar-refractivity contribution >= 4 is 33.4 Å². The number of hydrogen-bond acceptors (Lipinski definition) is 4. The topological polar surface area (TPSA) is 55.2 Å². The molecule has 0 atom stereocenters. The van der Waals surface area contributed by atoms with Gasteiger partial charge in [-0.1, -0.05) is 25.0 Å². The van der Waals surface area contributed by atoms with Gasteiger partial charge in [-0.3, -0.25) is 10.1 Å². The standard InChI is InChI=1S/C14H21BrN2O2S/c1-20-10-5-3-2-4-9-16-11-12-7-6-8-13(14(12)15)17(18)19/h6-8,16H,2-5,9-11H2,1H3. The van der Waals surface area contributed by atoms with Gasteiger partial charge in [-0.25, -0.2) is 0 Å². The second kappa shape index (κ2) is 10.2. The Bertz CT molecular complexity index is 430. The van der Waals surface area contributed by atoms with E-state index >= 15 is 0 Å². The van der Waals surface area contributed by atoms with Crippen LogP contribution in [-0.4, -0.2) is 23.5 Å². The van der Waals surface area contributed by atoms with Crippen LogP contribution in [0.25, 0.3) is 0 Å². The smallest absolute Gasteiger partial charge is 0.283 e. The molecule has 0 bridgehead atoms. The highest BCUT2D eigenvalue weighted by atomic mass is 79.9. The van der Waals surface area contributed by atoms with E-state index in [0.717, 1.165) is 18.5 Å². The Kier molecular flexibility index (Phi) is 8.89. The zero-order valence-corrected chi connectivity index (χ0v) is 14.1. The fourth-order valence-corrected chi connectivity index (χ4v) is 2.96. The Morgan fingerprint density at radius 2 is 2.05 bits per heavy atom. The van der Waals surface area contributed by atoms with Crippen molar-refractivity contribution < 1.29 is 4.92 Å². The average molecular weight is 361 g/mol. The van der Waals surface area contributed by atoms with Crippen molar-refractivity contribution in [3.63, 3.8) is 0 Å². The van der Waals surface area contributed by atoms with Crippen molar-refractivity contribution in [1.82, 2.24) is 5.32 Å². The maximum Gasteiger partial charge on any atom is 0.283 e. The number of thioether (sulfide) groups is 1. The Morgan fingerprint density at radius 3 is 2.75 bits per heavy atom. The molecule has 112 valence electrons. The second-order valence-corrected chi connectivity index (χ2v) is 6.37. The predicted molar refractivity (Wildman–Crippen MR) is 89.4 cm³/mol. The summed E-state index contributed by atoms with van der Waals surface area (Å²) >= 11 is 5.21. The first-order valence-corrected chi connectivity index (χ1v) is 8.97. The highest BCUT2D eigenvalue weighted by Gasteiger charge is 2.13. The summed E-state index contributed by atoms with van der Waals surface area (Å²) in [4.78, 5) is 10.5. The highest BCUT2D eigenvalue weighted by molar-refractivity contribution is 9.10. The lowest BCUT2D eigenvalue weighted by Gasteiger charge is -2.07. The fourth-order valence-electron chi connectivity index (χ4n) is 1.92. The maximum atomic E-state index is 10.8. The lowest BCUT2D eigenvalue weighted by molar-refractivity contribution is -0.385. The van der Waals surface area contributed by atoms with Crippen LogP contribution in [0.4, 0.5) is 5.69 Å². The number of benzene rings is 1. The van der Waals surface area contributed by atoms with Gasteiger partial charge in [-0.2, -0.15) is 11.8 Å². The van der Waals surface area contributed by atoms with Crippen LogP contribution >= 0.6 is 27.7 Å². The molecule has 0 saturated carbocycles. The molecule has 1 aromatic rings. The summed E-state index contributed by atoms with van der Waals surface area (Å²) in [5.41, 5.74) is 1.06. The molecule has 0 aliphatic heterocycles. The van der Waals surface area contributed by atoms with Gasteiger partial charge in [0.25, 0.3) is 5.69 Å². The average Bonchev–Trinajstić information content (AvgIpc) is 2.43. The van der Waals surface area contributed by atoms with Crippen molar-refractivity contribution in [3.05, 3.63) is 38.3 Å². The molecule has 0 spiro atoms. The van der Waals surface area contributed by atoms with Crippen molar-refractivity contribution in [2.45, 2.75) is 32.2 Å². The highest BCUT2D eigenvalue weighted by Crippen LogP contribution is 2.28. The monoisotopic (exact) mass is 360 g/mol. The Balaban J connectivity index is 2.25. The predicted octanol–water partition coefficient (Wildman–Crippen LogP) is 4.37. The Labute approximate surface area is 133 Å². The minimum atomic E-state index is -0.362. The van der Waals surface area contributed by atoms with E-state index in [1.807, 2.05) is 17.8 Å². The van der Waals surface area contributed by atoms with Gasteiger partial charge in [0.05, 0.1) is 9.40 Å². The van der Waals surface area contributed by atoms with Gasteiger partial charge in [0.15, 0.2) is 0 Å². The summed E-state index contributed by atoms with van der Waals surface area (Å²) in [5.74, 6) is 1.24. The number of halogens is 1. The van der Waals surface area contributed by atoms with E-state index in [2.05, 4.69) is 27.5 Å². The minimum absolute atomic E-state index is 0.126. The number of rotatable bonds is 10. The van der Waals surface area contributed by atoms with E-state index in [1.165, 1.54) is 31.1 Å². The minimum Gasteiger partial charge on any atom is -0.313 e. The molecule has 0 heterocycles. The molecule has 0 saturated heterocycles. The lowest BCUT2D eigenvalue weighted by Crippen LogP contribution is -2.15. The van der Waals surface area contributed by atoms with Crippen LogP contribution in [0.5, 0.6) is 0 Å². The van der Waals surface area contributed by atoms with Crippen LogP contribution in [0.3, 0.4) is 0 Å². The van der Waals surface area contributed by atoms with Crippen LogP contribution in [0.1, 0.15) is 31.2 Å². The molecule has 1 N–H and O–H groups in total. The molecular formula is C14H21BrN2O2S. The van der Waals surface area contributed by atoms with E-state index in [4.69, 9.17) is 0 Å². The third kappa shape index (κ3) is 6.24. The second-order valence-electron chi connectivity index (χ2n) is 4.59. The molecule has 4 nitrogen and oxygen atoms in total. The number of unbranched alkanes of at least 4 members (excludes halogenated alkanes) is 3. The van der Waals surface area contributed by atoms with Crippen LogP contribution in [-0.2, 0) is 6.54 Å². The third-order valence-electron chi connectivity index (χ3n) is 3.02. The number of nitro benzene ring substituents is 1. The molecule has 0 fully saturated rings. The van der Waals surface area contributed by atoms with Gasteiger partial charge in [0, 0.05) is 12.6 Å². The maximum absolute atomic E-state index is 10.8. The van der Waals surface area contributed by atoms with Crippen LogP contribution in [0.15, 0.2) is 22.7 Å². The number of nitrogens with zero attached hydrogens (tertiary/aromatic N) is 1. The molecule has 1 aromatic carbocycles. The van der Waals surface area contributed by atoms with Crippen LogP contribution in [0.2, 0.25) is 0 Å². The summed E-state index contributed by atoms with van der Waals surface area (Å²) in [5, 5.41) is 14.2. The van der Waals surface area contributed by atoms with E-state index in [1.54, 1.807) is 6.07 Å². The number of nitrogens with one attached hydrogen (secondary N) is 1. The molecule has 0 unspecified atom stereocenters. The van der Waals surface area contributed by atoms with Crippen LogP contribution < -0.4 is 5.32 Å².